The predicted octanol–water partition coefficient (Wildman–Crippen LogP) is 1.31. The second-order valence-electron chi connectivity index (χ2n) is 3.89. The molecule has 1 fully saturated rings. The van der Waals surface area contributed by atoms with E-state index in [0.717, 1.165) is 10.9 Å². The molecule has 1 aliphatic rings. The first-order chi connectivity index (χ1) is 7.06. The second kappa shape index (κ2) is 5.51. The Hall–Kier alpha value is -0.550. The Morgan fingerprint density at radius 1 is 1.73 bits per heavy atom. The Morgan fingerprint density at radius 2 is 2.40 bits per heavy atom. The minimum Gasteiger partial charge on any atom is -0.394 e. The van der Waals surface area contributed by atoms with Gasteiger partial charge in [0.2, 0.25) is 0 Å². The van der Waals surface area contributed by atoms with Crippen molar-refractivity contribution in [3.8, 4) is 0 Å². The molecule has 0 aliphatic carbocycles. The van der Waals surface area contributed by atoms with Crippen molar-refractivity contribution in [2.24, 2.45) is 5.92 Å². The van der Waals surface area contributed by atoms with E-state index in [1.807, 2.05) is 0 Å². The van der Waals surface area contributed by atoms with Crippen molar-refractivity contribution in [3.05, 3.63) is 11.1 Å². The molecule has 86 valence electrons. The van der Waals surface area contributed by atoms with E-state index in [1.54, 1.807) is 4.90 Å². The maximum atomic E-state index is 11.7. The van der Waals surface area contributed by atoms with Gasteiger partial charge in [-0.1, -0.05) is 29.4 Å². The van der Waals surface area contributed by atoms with Crippen LogP contribution in [0.3, 0.4) is 0 Å². The largest absolute Gasteiger partial charge is 0.394 e. The fourth-order valence-corrected chi connectivity index (χ4v) is 1.95. The van der Waals surface area contributed by atoms with Crippen LogP contribution in [0.5, 0.6) is 0 Å². The third-order valence-electron chi connectivity index (χ3n) is 2.76. The molecule has 2 N–H and O–H groups in total. The molecule has 1 heterocycles. The van der Waals surface area contributed by atoms with E-state index in [2.05, 4.69) is 34.7 Å². The molecular formula is C10H17BrN2O2. The molecule has 0 spiro atoms. The summed E-state index contributed by atoms with van der Waals surface area (Å²) in [6.07, 6.45) is 0.952. The molecule has 1 aliphatic heterocycles. The summed E-state index contributed by atoms with van der Waals surface area (Å²) in [5.74, 6) is 0.368. The van der Waals surface area contributed by atoms with Gasteiger partial charge in [0.25, 0.3) is 0 Å². The second-order valence-corrected chi connectivity index (χ2v) is 5.01. The molecule has 0 aromatic rings. The van der Waals surface area contributed by atoms with Crippen molar-refractivity contribution in [2.45, 2.75) is 19.4 Å². The first-order valence-electron chi connectivity index (χ1n) is 5.05. The predicted molar refractivity (Wildman–Crippen MR) is 62.8 cm³/mol. The topological polar surface area (TPSA) is 52.6 Å². The molecule has 0 radical (unpaired) electrons. The van der Waals surface area contributed by atoms with E-state index in [1.165, 1.54) is 0 Å². The monoisotopic (exact) mass is 276 g/mol. The van der Waals surface area contributed by atoms with Crippen LogP contribution in [0.25, 0.3) is 0 Å². The first kappa shape index (κ1) is 12.5. The minimum atomic E-state index is -0.126. The van der Waals surface area contributed by atoms with Gasteiger partial charge in [0.05, 0.1) is 19.2 Å². The van der Waals surface area contributed by atoms with E-state index in [0.29, 0.717) is 19.0 Å². The summed E-state index contributed by atoms with van der Waals surface area (Å²) in [7, 11) is 0. The Balaban J connectivity index is 2.48. The molecule has 2 atom stereocenters. The fourth-order valence-electron chi connectivity index (χ4n) is 1.81. The van der Waals surface area contributed by atoms with Gasteiger partial charge in [0.1, 0.15) is 0 Å². The van der Waals surface area contributed by atoms with Gasteiger partial charge in [0, 0.05) is 11.0 Å². The highest BCUT2D eigenvalue weighted by molar-refractivity contribution is 9.11. The van der Waals surface area contributed by atoms with E-state index < -0.39 is 0 Å². The number of rotatable bonds is 3. The highest BCUT2D eigenvalue weighted by atomic mass is 79.9. The fraction of sp³-hybridized carbons (Fsp3) is 0.700. The van der Waals surface area contributed by atoms with Crippen LogP contribution in [0.1, 0.15) is 13.3 Å². The van der Waals surface area contributed by atoms with Crippen molar-refractivity contribution in [2.75, 3.05) is 19.7 Å². The van der Waals surface area contributed by atoms with Gasteiger partial charge < -0.3 is 15.3 Å². The van der Waals surface area contributed by atoms with Gasteiger partial charge in [-0.15, -0.1) is 0 Å². The van der Waals surface area contributed by atoms with E-state index in [4.69, 9.17) is 0 Å². The first-order valence-corrected chi connectivity index (χ1v) is 5.84. The van der Waals surface area contributed by atoms with Gasteiger partial charge in [-0.3, -0.25) is 0 Å². The summed E-state index contributed by atoms with van der Waals surface area (Å²) in [6, 6.07) is -0.174. The number of hydrogen-bond acceptors (Lipinski definition) is 2. The maximum Gasteiger partial charge on any atom is 0.318 e. The van der Waals surface area contributed by atoms with Crippen molar-refractivity contribution >= 4 is 22.0 Å². The minimum absolute atomic E-state index is 0.0316. The van der Waals surface area contributed by atoms with Crippen LogP contribution >= 0.6 is 15.9 Å². The molecule has 0 aromatic carbocycles. The molecule has 15 heavy (non-hydrogen) atoms. The number of nitrogens with one attached hydrogen (secondary N) is 1. The van der Waals surface area contributed by atoms with Crippen LogP contribution in [0.4, 0.5) is 4.79 Å². The van der Waals surface area contributed by atoms with Crippen molar-refractivity contribution in [3.63, 3.8) is 0 Å². The van der Waals surface area contributed by atoms with Gasteiger partial charge in [-0.2, -0.15) is 0 Å². The number of urea groups is 1. The number of halogens is 1. The van der Waals surface area contributed by atoms with E-state index >= 15 is 0 Å². The van der Waals surface area contributed by atoms with Crippen LogP contribution in [0.2, 0.25) is 0 Å². The molecule has 0 unspecified atom stereocenters. The van der Waals surface area contributed by atoms with Gasteiger partial charge in [-0.25, -0.2) is 4.79 Å². The third kappa shape index (κ3) is 3.21. The quantitative estimate of drug-likeness (QED) is 0.817. The summed E-state index contributed by atoms with van der Waals surface area (Å²) >= 11 is 3.18. The number of aliphatic hydroxyl groups excluding tert-OH is 1. The standard InChI is InChI=1S/C10H17BrN2O2/c1-7-3-4-13(9(7)6-14)10(15)12-5-8(2)11/h7,9,14H,2-6H2,1H3,(H,12,15)/t7-,9-/m1/s1. The summed E-state index contributed by atoms with van der Waals surface area (Å²) < 4.78 is 0.739. The van der Waals surface area contributed by atoms with Crippen molar-refractivity contribution in [1.82, 2.24) is 10.2 Å². The summed E-state index contributed by atoms with van der Waals surface area (Å²) in [6.45, 7) is 6.86. The number of likely N-dealkylation sites (tertiary alicyclic amines) is 1. The molecule has 2 amide bonds. The lowest BCUT2D eigenvalue weighted by Crippen LogP contribution is -2.45. The average molecular weight is 277 g/mol. The Bertz CT molecular complexity index is 258. The SMILES string of the molecule is C=C(Br)CNC(=O)N1CC[C@@H](C)[C@H]1CO. The van der Waals surface area contributed by atoms with Crippen LogP contribution in [-0.2, 0) is 0 Å². The zero-order valence-electron chi connectivity index (χ0n) is 8.87. The lowest BCUT2D eigenvalue weighted by molar-refractivity contribution is 0.144. The van der Waals surface area contributed by atoms with Crippen molar-refractivity contribution in [1.29, 1.82) is 0 Å². The number of hydrogen-bond donors (Lipinski definition) is 2. The molecule has 0 aromatic heterocycles. The smallest absolute Gasteiger partial charge is 0.318 e. The van der Waals surface area contributed by atoms with Crippen LogP contribution in [0, 0.1) is 5.92 Å². The average Bonchev–Trinajstić information content (AvgIpc) is 2.55. The number of carbonyl (C=O) groups is 1. The molecule has 0 bridgehead atoms. The molecule has 4 nitrogen and oxygen atoms in total. The summed E-state index contributed by atoms with van der Waals surface area (Å²) in [5, 5.41) is 11.9. The Kier molecular flexibility index (Phi) is 4.60. The van der Waals surface area contributed by atoms with Crippen LogP contribution in [0.15, 0.2) is 11.1 Å². The third-order valence-corrected chi connectivity index (χ3v) is 3.04. The number of carbonyl (C=O) groups excluding carboxylic acids is 1. The lowest BCUT2D eigenvalue weighted by Gasteiger charge is -2.25. The Morgan fingerprint density at radius 3 is 2.93 bits per heavy atom. The van der Waals surface area contributed by atoms with Crippen LogP contribution in [-0.4, -0.2) is 41.8 Å². The number of aliphatic hydroxyl groups is 1. The normalized spacial score (nSPS) is 25.4. The van der Waals surface area contributed by atoms with Crippen molar-refractivity contribution < 1.29 is 9.90 Å². The zero-order valence-corrected chi connectivity index (χ0v) is 10.5. The van der Waals surface area contributed by atoms with E-state index in [9.17, 15) is 9.90 Å². The highest BCUT2D eigenvalue weighted by Gasteiger charge is 2.33. The van der Waals surface area contributed by atoms with Gasteiger partial charge >= 0.3 is 6.03 Å². The zero-order chi connectivity index (χ0) is 11.4. The summed E-state index contributed by atoms with van der Waals surface area (Å²) in [4.78, 5) is 13.4. The highest BCUT2D eigenvalue weighted by Crippen LogP contribution is 2.23. The number of nitrogens with zero attached hydrogens (tertiary/aromatic N) is 1. The van der Waals surface area contributed by atoms with Gasteiger partial charge in [0.15, 0.2) is 0 Å². The lowest BCUT2D eigenvalue weighted by atomic mass is 10.0. The summed E-state index contributed by atoms with van der Waals surface area (Å²) in [5.41, 5.74) is 0. The molecule has 1 saturated heterocycles. The Labute approximate surface area is 98.5 Å². The number of amides is 2. The van der Waals surface area contributed by atoms with Crippen LogP contribution < -0.4 is 5.32 Å². The van der Waals surface area contributed by atoms with Gasteiger partial charge in [-0.05, 0) is 12.3 Å². The molecule has 1 rings (SSSR count). The molecule has 5 heteroatoms. The molecular weight excluding hydrogens is 260 g/mol. The van der Waals surface area contributed by atoms with E-state index in [-0.39, 0.29) is 18.7 Å². The maximum absolute atomic E-state index is 11.7. The molecule has 0 saturated carbocycles.